The van der Waals surface area contributed by atoms with Gasteiger partial charge in [0.15, 0.2) is 21.5 Å². The first-order valence-electron chi connectivity index (χ1n) is 7.26. The molecule has 0 amide bonds. The molecule has 1 saturated heterocycles. The van der Waals surface area contributed by atoms with Crippen LogP contribution in [0.3, 0.4) is 0 Å². The Balaban J connectivity index is 1.81. The van der Waals surface area contributed by atoms with Crippen LogP contribution in [0, 0.1) is 11.6 Å². The predicted molar refractivity (Wildman–Crippen MR) is 79.0 cm³/mol. The Bertz CT molecular complexity index is 589. The number of aryl methyl sites for hydroxylation is 1. The van der Waals surface area contributed by atoms with Gasteiger partial charge in [-0.3, -0.25) is 0 Å². The van der Waals surface area contributed by atoms with Gasteiger partial charge in [-0.15, -0.1) is 0 Å². The maximum Gasteiger partial charge on any atom is 0.159 e. The molecule has 1 N–H and O–H groups in total. The average Bonchev–Trinajstić information content (AvgIpc) is 2.39. The molecule has 0 saturated carbocycles. The van der Waals surface area contributed by atoms with Crippen LogP contribution in [0.25, 0.3) is 0 Å². The fourth-order valence-corrected chi connectivity index (χ4v) is 4.37. The molecule has 2 rings (SSSR count). The Hall–Kier alpha value is -1.01. The molecule has 1 aromatic carbocycles. The Morgan fingerprint density at radius 2 is 2.10 bits per heavy atom. The van der Waals surface area contributed by atoms with Crippen LogP contribution >= 0.6 is 0 Å². The van der Waals surface area contributed by atoms with Gasteiger partial charge in [-0.2, -0.15) is 0 Å². The maximum atomic E-state index is 13.1. The van der Waals surface area contributed by atoms with E-state index in [4.69, 9.17) is 0 Å². The first-order valence-corrected chi connectivity index (χ1v) is 9.08. The monoisotopic (exact) mass is 317 g/mol. The summed E-state index contributed by atoms with van der Waals surface area (Å²) in [6.45, 7) is 1.99. The molecule has 21 heavy (non-hydrogen) atoms. The van der Waals surface area contributed by atoms with E-state index in [0.29, 0.717) is 12.8 Å². The van der Waals surface area contributed by atoms with E-state index < -0.39 is 21.5 Å². The quantitative estimate of drug-likeness (QED) is 0.907. The van der Waals surface area contributed by atoms with E-state index in [-0.39, 0.29) is 23.6 Å². The molecule has 0 spiro atoms. The lowest BCUT2D eigenvalue weighted by atomic mass is 10.0. The lowest BCUT2D eigenvalue weighted by Crippen LogP contribution is -2.44. The summed E-state index contributed by atoms with van der Waals surface area (Å²) in [6, 6.07) is 4.07. The van der Waals surface area contributed by atoms with Crippen molar-refractivity contribution >= 4 is 9.84 Å². The zero-order valence-electron chi connectivity index (χ0n) is 12.1. The third-order valence-corrected chi connectivity index (χ3v) is 5.65. The van der Waals surface area contributed by atoms with E-state index >= 15 is 0 Å². The van der Waals surface area contributed by atoms with Crippen molar-refractivity contribution < 1.29 is 17.2 Å². The minimum Gasteiger partial charge on any atom is -0.310 e. The van der Waals surface area contributed by atoms with Crippen molar-refractivity contribution in [2.45, 2.75) is 44.7 Å². The Kier molecular flexibility index (Phi) is 5.32. The van der Waals surface area contributed by atoms with Gasteiger partial charge >= 0.3 is 0 Å². The molecular formula is C15H21F2NO2S. The Labute approximate surface area is 124 Å². The molecule has 1 aromatic rings. The van der Waals surface area contributed by atoms with Crippen LogP contribution in [0.15, 0.2) is 18.2 Å². The highest BCUT2D eigenvalue weighted by Crippen LogP contribution is 2.15. The fourth-order valence-electron chi connectivity index (χ4n) is 2.72. The second-order valence-electron chi connectivity index (χ2n) is 5.81. The molecule has 1 aliphatic heterocycles. The van der Waals surface area contributed by atoms with Crippen molar-refractivity contribution in [1.29, 1.82) is 0 Å². The van der Waals surface area contributed by atoms with Gasteiger partial charge in [-0.05, 0) is 50.3 Å². The first kappa shape index (κ1) is 16.4. The highest BCUT2D eigenvalue weighted by molar-refractivity contribution is 7.91. The van der Waals surface area contributed by atoms with E-state index in [1.165, 1.54) is 6.07 Å². The number of rotatable bonds is 5. The molecule has 1 aliphatic rings. The number of hydrogen-bond acceptors (Lipinski definition) is 3. The van der Waals surface area contributed by atoms with Crippen molar-refractivity contribution in [3.8, 4) is 0 Å². The predicted octanol–water partition coefficient (Wildman–Crippen LogP) is 2.45. The molecule has 0 bridgehead atoms. The van der Waals surface area contributed by atoms with Gasteiger partial charge in [0.05, 0.1) is 11.5 Å². The summed E-state index contributed by atoms with van der Waals surface area (Å²) in [4.78, 5) is 0. The van der Waals surface area contributed by atoms with Crippen molar-refractivity contribution in [3.63, 3.8) is 0 Å². The molecular weight excluding hydrogens is 296 g/mol. The zero-order chi connectivity index (χ0) is 15.5. The molecule has 0 aliphatic carbocycles. The summed E-state index contributed by atoms with van der Waals surface area (Å²) in [7, 11) is -2.91. The van der Waals surface area contributed by atoms with E-state index in [9.17, 15) is 17.2 Å². The van der Waals surface area contributed by atoms with E-state index in [1.807, 2.05) is 6.92 Å². The normalized spacial score (nSPS) is 22.9. The number of nitrogens with one attached hydrogen (secondary N) is 1. The third-order valence-electron chi connectivity index (χ3n) is 3.83. The van der Waals surface area contributed by atoms with Gasteiger partial charge in [0, 0.05) is 12.1 Å². The van der Waals surface area contributed by atoms with Gasteiger partial charge < -0.3 is 5.32 Å². The van der Waals surface area contributed by atoms with Crippen LogP contribution in [0.5, 0.6) is 0 Å². The van der Waals surface area contributed by atoms with Crippen LogP contribution in [0.1, 0.15) is 31.7 Å². The zero-order valence-corrected chi connectivity index (χ0v) is 12.9. The van der Waals surface area contributed by atoms with Crippen LogP contribution in [0.4, 0.5) is 8.78 Å². The van der Waals surface area contributed by atoms with Crippen LogP contribution in [-0.4, -0.2) is 32.0 Å². The van der Waals surface area contributed by atoms with Gasteiger partial charge in [0.1, 0.15) is 0 Å². The smallest absolute Gasteiger partial charge is 0.159 e. The van der Waals surface area contributed by atoms with Crippen LogP contribution in [-0.2, 0) is 16.3 Å². The van der Waals surface area contributed by atoms with Gasteiger partial charge in [0.25, 0.3) is 0 Å². The Morgan fingerprint density at radius 1 is 1.33 bits per heavy atom. The third kappa shape index (κ3) is 5.04. The second kappa shape index (κ2) is 6.83. The SMILES string of the molecule is C[C@@H](CCc1ccc(F)c(F)c1)N[C@H]1CCCS(=O)(=O)C1. The summed E-state index contributed by atoms with van der Waals surface area (Å²) >= 11 is 0. The molecule has 2 atom stereocenters. The van der Waals surface area contributed by atoms with Gasteiger partial charge in [-0.25, -0.2) is 17.2 Å². The average molecular weight is 317 g/mol. The van der Waals surface area contributed by atoms with Crippen molar-refractivity contribution in [2.75, 3.05) is 11.5 Å². The second-order valence-corrected chi connectivity index (χ2v) is 8.04. The number of sulfone groups is 1. The molecule has 118 valence electrons. The molecule has 1 fully saturated rings. The van der Waals surface area contributed by atoms with Gasteiger partial charge in [0.2, 0.25) is 0 Å². The van der Waals surface area contributed by atoms with Crippen molar-refractivity contribution in [1.82, 2.24) is 5.32 Å². The van der Waals surface area contributed by atoms with E-state index in [1.54, 1.807) is 6.07 Å². The largest absolute Gasteiger partial charge is 0.310 e. The van der Waals surface area contributed by atoms with E-state index in [0.717, 1.165) is 24.5 Å². The minimum atomic E-state index is -2.91. The number of hydrogen-bond donors (Lipinski definition) is 1. The lowest BCUT2D eigenvalue weighted by molar-refractivity contribution is 0.415. The molecule has 3 nitrogen and oxygen atoms in total. The number of benzene rings is 1. The van der Waals surface area contributed by atoms with Crippen molar-refractivity contribution in [3.05, 3.63) is 35.4 Å². The van der Waals surface area contributed by atoms with Gasteiger partial charge in [-0.1, -0.05) is 6.07 Å². The van der Waals surface area contributed by atoms with Crippen LogP contribution in [0.2, 0.25) is 0 Å². The topological polar surface area (TPSA) is 46.2 Å². The maximum absolute atomic E-state index is 13.1. The molecule has 6 heteroatoms. The Morgan fingerprint density at radius 3 is 2.76 bits per heavy atom. The molecule has 0 aromatic heterocycles. The van der Waals surface area contributed by atoms with Crippen molar-refractivity contribution in [2.24, 2.45) is 0 Å². The fraction of sp³-hybridized carbons (Fsp3) is 0.600. The standard InChI is InChI=1S/C15H21F2NO2S/c1-11(18-13-3-2-8-21(19,20)10-13)4-5-12-6-7-14(16)15(17)9-12/h6-7,9,11,13,18H,2-5,8,10H2,1H3/t11-,13-/m0/s1. The summed E-state index contributed by atoms with van der Waals surface area (Å²) in [5.41, 5.74) is 0.749. The summed E-state index contributed by atoms with van der Waals surface area (Å²) in [6.07, 6.45) is 2.96. The highest BCUT2D eigenvalue weighted by Gasteiger charge is 2.25. The summed E-state index contributed by atoms with van der Waals surface area (Å²) < 4.78 is 49.1. The summed E-state index contributed by atoms with van der Waals surface area (Å²) in [5.74, 6) is -1.18. The lowest BCUT2D eigenvalue weighted by Gasteiger charge is -2.26. The summed E-state index contributed by atoms with van der Waals surface area (Å²) in [5, 5.41) is 3.32. The molecule has 0 unspecified atom stereocenters. The van der Waals surface area contributed by atoms with Crippen LogP contribution < -0.4 is 5.32 Å². The highest BCUT2D eigenvalue weighted by atomic mass is 32.2. The first-order chi connectivity index (χ1) is 9.85. The van der Waals surface area contributed by atoms with E-state index in [2.05, 4.69) is 5.32 Å². The molecule has 0 radical (unpaired) electrons. The minimum absolute atomic E-state index is 0.00343. The number of halogens is 2. The molecule has 1 heterocycles.